The van der Waals surface area contributed by atoms with Gasteiger partial charge in [-0.05, 0) is 53.8 Å². The second-order valence-corrected chi connectivity index (χ2v) is 13.0. The minimum atomic E-state index is -4.74. The van der Waals surface area contributed by atoms with E-state index in [1.54, 1.807) is 12.1 Å². The smallest absolute Gasteiger partial charge is 0.416 e. The number of aromatic nitrogens is 1. The largest absolute Gasteiger partial charge is 0.481 e. The lowest BCUT2D eigenvalue weighted by atomic mass is 9.05. The quantitative estimate of drug-likeness (QED) is 0.353. The van der Waals surface area contributed by atoms with E-state index in [2.05, 4.69) is 26.2 Å². The molecule has 0 aliphatic carbocycles. The standard InChI is InChI=1S/C28H19B10BrF3N3O3/c1-12-20(22(48)43-11-13(6-9-19(46)47)15-4-2-3-5-17(15)23(40,41)42)16-10-14(39)7-8-18(16)44-21(12)45-27(35,36)25(31,32)24(29,30)26(33,34)28(45,37)38/h2-5,7-8,10,13H,6,9,11H2,1H3,(H,43,48)(H,46,47). The molecule has 0 bridgehead atoms. The van der Waals surface area contributed by atoms with Gasteiger partial charge in [0.05, 0.1) is 95.1 Å². The van der Waals surface area contributed by atoms with E-state index in [0.717, 1.165) is 11.0 Å². The summed E-state index contributed by atoms with van der Waals surface area (Å²) in [4.78, 5) is 30.9. The zero-order chi connectivity index (χ0) is 36.4. The molecule has 1 fully saturated rings. The predicted octanol–water partition coefficient (Wildman–Crippen LogP) is 1.86. The summed E-state index contributed by atoms with van der Waals surface area (Å²) in [6, 6.07) is 9.41. The third kappa shape index (κ3) is 6.10. The van der Waals surface area contributed by atoms with Crippen LogP contribution in [0.1, 0.15) is 45.8 Å². The number of nitrogens with one attached hydrogen (secondary N) is 1. The molecule has 2 heterocycles. The van der Waals surface area contributed by atoms with Crippen LogP contribution in [0.5, 0.6) is 0 Å². The number of pyridine rings is 1. The van der Waals surface area contributed by atoms with E-state index in [0.29, 0.717) is 4.47 Å². The average Bonchev–Trinajstić information content (AvgIpc) is 2.96. The first kappa shape index (κ1) is 38.3. The maximum atomic E-state index is 14.1. The molecular formula is C28H19B10BrF3N3O3. The van der Waals surface area contributed by atoms with Crippen molar-refractivity contribution in [3.05, 3.63) is 69.2 Å². The van der Waals surface area contributed by atoms with Crippen LogP contribution < -0.4 is 10.2 Å². The number of hydrogen-bond donors (Lipinski definition) is 2. The van der Waals surface area contributed by atoms with Crippen molar-refractivity contribution in [1.29, 1.82) is 0 Å². The summed E-state index contributed by atoms with van der Waals surface area (Å²) in [5.41, 5.74) is -1.03. The van der Waals surface area contributed by atoms with Crippen LogP contribution in [0.3, 0.4) is 0 Å². The molecule has 0 spiro atoms. The van der Waals surface area contributed by atoms with Gasteiger partial charge >= 0.3 is 12.1 Å². The van der Waals surface area contributed by atoms with Crippen molar-refractivity contribution in [2.45, 2.75) is 58.2 Å². The van der Waals surface area contributed by atoms with Crippen LogP contribution in [0.2, 0.25) is 15.6 Å². The van der Waals surface area contributed by atoms with Crippen LogP contribution in [0.15, 0.2) is 46.9 Å². The number of hydrogen-bond acceptors (Lipinski definition) is 4. The Morgan fingerprint density at radius 2 is 1.50 bits per heavy atom. The minimum Gasteiger partial charge on any atom is -0.481 e. The zero-order valence-electron chi connectivity index (χ0n) is 25.7. The molecular weight excluding hydrogens is 671 g/mol. The first-order valence-electron chi connectivity index (χ1n) is 14.3. The first-order chi connectivity index (χ1) is 21.8. The highest BCUT2D eigenvalue weighted by Gasteiger charge is 2.64. The Labute approximate surface area is 298 Å². The van der Waals surface area contributed by atoms with Gasteiger partial charge in [0.2, 0.25) is 0 Å². The lowest BCUT2D eigenvalue weighted by molar-refractivity contribution is -0.138. The molecule has 2 aromatic carbocycles. The Balaban J connectivity index is 1.89. The molecule has 0 saturated carbocycles. The van der Waals surface area contributed by atoms with Gasteiger partial charge in [-0.3, -0.25) is 9.59 Å². The lowest BCUT2D eigenvalue weighted by Crippen LogP contribution is -2.81. The molecule has 2 N–H and O–H groups in total. The summed E-state index contributed by atoms with van der Waals surface area (Å²) < 4.78 is 42.3. The third-order valence-corrected chi connectivity index (χ3v) is 9.45. The number of rotatable bonds is 8. The van der Waals surface area contributed by atoms with Crippen LogP contribution in [0, 0.1) is 6.92 Å². The van der Waals surface area contributed by atoms with E-state index < -0.39 is 68.8 Å². The Kier molecular flexibility index (Phi) is 10.1. The van der Waals surface area contributed by atoms with Crippen molar-refractivity contribution in [2.75, 3.05) is 11.4 Å². The van der Waals surface area contributed by atoms with Crippen molar-refractivity contribution in [1.82, 2.24) is 10.3 Å². The number of carboxylic acid groups (broad SMARTS) is 1. The fourth-order valence-corrected chi connectivity index (χ4v) is 6.30. The summed E-state index contributed by atoms with van der Waals surface area (Å²) in [6.45, 7) is 1.04. The SMILES string of the molecule is [B]C1([B])N(c2nc3ccc(Br)cc3c(C(=O)NCC(CCC(=O)O)c3ccccc3C(F)(F)F)c2C)C([B])([B])C([B])([B])C([B])([B])C1([B])[B]. The van der Waals surface area contributed by atoms with Gasteiger partial charge in [0.15, 0.2) is 0 Å². The molecule has 1 aliphatic rings. The van der Waals surface area contributed by atoms with Crippen molar-refractivity contribution in [3.63, 3.8) is 0 Å². The Morgan fingerprint density at radius 3 is 2.04 bits per heavy atom. The number of benzene rings is 2. The van der Waals surface area contributed by atoms with Gasteiger partial charge in [-0.15, -0.1) is 15.6 Å². The number of carbonyl (C=O) groups excluding carboxylic acids is 1. The van der Waals surface area contributed by atoms with Gasteiger partial charge < -0.3 is 15.3 Å². The number of aliphatic carboxylic acids is 1. The summed E-state index contributed by atoms with van der Waals surface area (Å²) in [7, 11) is 63.4. The van der Waals surface area contributed by atoms with Gasteiger partial charge in [-0.25, -0.2) is 4.98 Å². The van der Waals surface area contributed by atoms with E-state index in [-0.39, 0.29) is 39.8 Å². The molecule has 1 atom stereocenters. The Bertz CT molecular complexity index is 1750. The second kappa shape index (κ2) is 12.7. The van der Waals surface area contributed by atoms with E-state index in [9.17, 15) is 27.9 Å². The molecule has 1 aliphatic heterocycles. The minimum absolute atomic E-state index is 0.0320. The molecule has 1 amide bonds. The molecule has 1 saturated heterocycles. The molecule has 1 unspecified atom stereocenters. The Hall–Kier alpha value is -2.49. The highest BCUT2D eigenvalue weighted by molar-refractivity contribution is 9.10. The number of amides is 1. The van der Waals surface area contributed by atoms with Gasteiger partial charge in [0, 0.05) is 34.3 Å². The average molecular weight is 690 g/mol. The molecule has 20 radical (unpaired) electrons. The number of carbonyl (C=O) groups is 2. The second-order valence-electron chi connectivity index (χ2n) is 12.1. The topological polar surface area (TPSA) is 82.5 Å². The molecule has 48 heavy (non-hydrogen) atoms. The van der Waals surface area contributed by atoms with Crippen LogP contribution in [-0.4, -0.2) is 118 Å². The van der Waals surface area contributed by atoms with Crippen molar-refractivity contribution in [2.24, 2.45) is 0 Å². The van der Waals surface area contributed by atoms with Crippen LogP contribution in [-0.2, 0) is 11.0 Å². The van der Waals surface area contributed by atoms with E-state index >= 15 is 0 Å². The number of anilines is 1. The van der Waals surface area contributed by atoms with Crippen LogP contribution in [0.25, 0.3) is 10.9 Å². The fourth-order valence-electron chi connectivity index (χ4n) is 5.94. The fraction of sp³-hybridized carbons (Fsp3) is 0.393. The number of piperidine rings is 1. The highest BCUT2D eigenvalue weighted by Crippen LogP contribution is 2.69. The van der Waals surface area contributed by atoms with Crippen molar-refractivity contribution >= 4 is 123 Å². The van der Waals surface area contributed by atoms with E-state index in [4.69, 9.17) is 78.5 Å². The van der Waals surface area contributed by atoms with Gasteiger partial charge in [-0.2, -0.15) is 13.2 Å². The predicted molar refractivity (Wildman–Crippen MR) is 191 cm³/mol. The van der Waals surface area contributed by atoms with Crippen molar-refractivity contribution < 1.29 is 27.9 Å². The van der Waals surface area contributed by atoms with Gasteiger partial charge in [0.1, 0.15) is 5.82 Å². The van der Waals surface area contributed by atoms with Crippen molar-refractivity contribution in [3.8, 4) is 0 Å². The van der Waals surface area contributed by atoms with E-state index in [1.807, 2.05) is 0 Å². The number of halogens is 4. The normalized spacial score (nSPS) is 19.7. The number of fused-ring (bicyclic) bond motifs is 1. The van der Waals surface area contributed by atoms with Crippen LogP contribution >= 0.6 is 15.9 Å². The summed E-state index contributed by atoms with van der Waals surface area (Å²) >= 11 is 3.36. The summed E-state index contributed by atoms with van der Waals surface area (Å²) in [5, 5.41) is -0.428. The third-order valence-electron chi connectivity index (χ3n) is 8.96. The molecule has 4 rings (SSSR count). The number of carboxylic acids is 1. The first-order valence-corrected chi connectivity index (χ1v) is 15.1. The number of alkyl halides is 3. The Morgan fingerprint density at radius 1 is 0.938 bits per heavy atom. The highest BCUT2D eigenvalue weighted by atomic mass is 79.9. The zero-order valence-corrected chi connectivity index (χ0v) is 27.3. The maximum absolute atomic E-state index is 14.1. The van der Waals surface area contributed by atoms with Crippen LogP contribution in [0.4, 0.5) is 19.0 Å². The summed E-state index contributed by atoms with van der Waals surface area (Å²) in [6.07, 6.45) is -5.43. The molecule has 20 heteroatoms. The number of nitrogens with zero attached hydrogens (tertiary/aromatic N) is 2. The van der Waals surface area contributed by atoms with Gasteiger partial charge in [0.25, 0.3) is 5.91 Å². The molecule has 222 valence electrons. The van der Waals surface area contributed by atoms with Gasteiger partial charge in [-0.1, -0.05) is 34.1 Å². The maximum Gasteiger partial charge on any atom is 0.416 e. The molecule has 6 nitrogen and oxygen atoms in total. The summed E-state index contributed by atoms with van der Waals surface area (Å²) in [5.74, 6) is -3.34. The monoisotopic (exact) mass is 691 g/mol. The van der Waals surface area contributed by atoms with E-state index in [1.165, 1.54) is 31.2 Å². The lowest BCUT2D eigenvalue weighted by Gasteiger charge is -2.79. The molecule has 1 aromatic heterocycles. The molecule has 3 aromatic rings.